The minimum Gasteiger partial charge on any atom is -0.0629 e. The van der Waals surface area contributed by atoms with E-state index in [1.165, 1.54) is 10.4 Å². The third-order valence-corrected chi connectivity index (χ3v) is 14.6. The SMILES string of the molecule is CC(C)(C)[Si]([SiH2])(c1ccccc1)c1ccccc1. The van der Waals surface area contributed by atoms with Gasteiger partial charge in [0.2, 0.25) is 0 Å². The fourth-order valence-corrected chi connectivity index (χ4v) is 7.48. The van der Waals surface area contributed by atoms with E-state index in [1.54, 1.807) is 0 Å². The van der Waals surface area contributed by atoms with Crippen LogP contribution in [-0.4, -0.2) is 17.4 Å². The van der Waals surface area contributed by atoms with Crippen molar-refractivity contribution in [1.82, 2.24) is 0 Å². The lowest BCUT2D eigenvalue weighted by Crippen LogP contribution is -2.65. The molecule has 0 aliphatic rings. The zero-order valence-corrected chi connectivity index (χ0v) is 13.9. The smallest absolute Gasteiger partial charge is 0.0629 e. The van der Waals surface area contributed by atoms with Crippen molar-refractivity contribution in [2.45, 2.75) is 25.8 Å². The molecule has 0 atom stereocenters. The molecule has 1 radical (unpaired) electrons. The van der Waals surface area contributed by atoms with Gasteiger partial charge in [0.25, 0.3) is 0 Å². The largest absolute Gasteiger partial charge is 0.105 e. The van der Waals surface area contributed by atoms with E-state index in [-0.39, 0.29) is 0 Å². The van der Waals surface area contributed by atoms with Crippen molar-refractivity contribution < 1.29 is 0 Å². The quantitative estimate of drug-likeness (QED) is 0.733. The Morgan fingerprint density at radius 1 is 0.722 bits per heavy atom. The lowest BCUT2D eigenvalue weighted by Gasteiger charge is -2.41. The fraction of sp³-hybridized carbons (Fsp3) is 0.250. The summed E-state index contributed by atoms with van der Waals surface area (Å²) in [5.74, 6) is 0. The number of benzene rings is 2. The molecule has 0 unspecified atom stereocenters. The summed E-state index contributed by atoms with van der Waals surface area (Å²) in [6.07, 6.45) is 0. The molecule has 0 fully saturated rings. The molecule has 0 bridgehead atoms. The Hall–Kier alpha value is -1.13. The van der Waals surface area contributed by atoms with E-state index < -0.39 is 7.59 Å². The van der Waals surface area contributed by atoms with Crippen LogP contribution in [0.2, 0.25) is 5.04 Å². The Labute approximate surface area is 114 Å². The summed E-state index contributed by atoms with van der Waals surface area (Å²) in [5, 5.41) is 3.37. The van der Waals surface area contributed by atoms with E-state index in [4.69, 9.17) is 0 Å². The lowest BCUT2D eigenvalue weighted by molar-refractivity contribution is 0.744. The summed E-state index contributed by atoms with van der Waals surface area (Å²) in [6.45, 7) is 7.14. The molecule has 2 aromatic carbocycles. The molecule has 0 saturated heterocycles. The highest BCUT2D eigenvalue weighted by Crippen LogP contribution is 2.33. The topological polar surface area (TPSA) is 0 Å². The second-order valence-corrected chi connectivity index (χ2v) is 13.5. The monoisotopic (exact) mass is 269 g/mol. The molecule has 0 aliphatic carbocycles. The predicted molar refractivity (Wildman–Crippen MR) is 86.2 cm³/mol. The van der Waals surface area contributed by atoms with Gasteiger partial charge in [0, 0.05) is 9.76 Å². The zero-order chi connectivity index (χ0) is 13.2. The molecular weight excluding hydrogens is 248 g/mol. The van der Waals surface area contributed by atoms with Gasteiger partial charge in [-0.05, 0) is 5.04 Å². The molecule has 2 aromatic rings. The third-order valence-electron chi connectivity index (χ3n) is 3.81. The minimum atomic E-state index is -1.68. The maximum atomic E-state index is 2.38. The first-order valence-corrected chi connectivity index (χ1v) is 10.8. The highest BCUT2D eigenvalue weighted by atomic mass is 29.2. The maximum Gasteiger partial charge on any atom is 0.105 e. The summed E-state index contributed by atoms with van der Waals surface area (Å²) < 4.78 is 0. The van der Waals surface area contributed by atoms with Gasteiger partial charge in [0.1, 0.15) is 7.59 Å². The van der Waals surface area contributed by atoms with E-state index in [1.807, 2.05) is 0 Å². The molecule has 93 valence electrons. The van der Waals surface area contributed by atoms with Crippen LogP contribution in [0, 0.1) is 0 Å². The van der Waals surface area contributed by atoms with Crippen LogP contribution in [0.1, 0.15) is 20.8 Å². The van der Waals surface area contributed by atoms with Gasteiger partial charge >= 0.3 is 0 Å². The van der Waals surface area contributed by atoms with Crippen molar-refractivity contribution in [1.29, 1.82) is 0 Å². The summed E-state index contributed by atoms with van der Waals surface area (Å²) in [7, 11) is 0.560. The number of hydrogen-bond acceptors (Lipinski definition) is 0. The van der Waals surface area contributed by atoms with Crippen molar-refractivity contribution >= 4 is 27.7 Å². The molecule has 18 heavy (non-hydrogen) atoms. The zero-order valence-electron chi connectivity index (χ0n) is 11.5. The standard InChI is InChI=1S/C16H21Si2/c1-16(2,3)18(17,14-10-6-4-7-11-14)15-12-8-5-9-13-15/h4-13H,17H2,1-3H3. The molecule has 2 heteroatoms. The summed E-state index contributed by atoms with van der Waals surface area (Å²) in [4.78, 5) is 0. The normalized spacial score (nSPS) is 12.4. The average molecular weight is 270 g/mol. The first-order valence-electron chi connectivity index (χ1n) is 6.42. The van der Waals surface area contributed by atoms with Gasteiger partial charge in [-0.15, -0.1) is 0 Å². The van der Waals surface area contributed by atoms with E-state index in [9.17, 15) is 0 Å². The van der Waals surface area contributed by atoms with Crippen molar-refractivity contribution in [3.8, 4) is 0 Å². The van der Waals surface area contributed by atoms with Crippen LogP contribution in [0.3, 0.4) is 0 Å². The first kappa shape index (κ1) is 13.3. The Balaban J connectivity index is 2.63. The van der Waals surface area contributed by atoms with Crippen LogP contribution < -0.4 is 10.4 Å². The Kier molecular flexibility index (Phi) is 3.60. The molecule has 0 heterocycles. The summed E-state index contributed by atoms with van der Waals surface area (Å²) in [6, 6.07) is 22.1. The van der Waals surface area contributed by atoms with Gasteiger partial charge in [-0.3, -0.25) is 0 Å². The Bertz CT molecular complexity index is 458. The minimum absolute atomic E-state index is 0.314. The predicted octanol–water partition coefficient (Wildman–Crippen LogP) is 2.18. The molecule has 0 amide bonds. The highest BCUT2D eigenvalue weighted by Gasteiger charge is 2.42. The van der Waals surface area contributed by atoms with Crippen LogP contribution in [0.4, 0.5) is 0 Å². The lowest BCUT2D eigenvalue weighted by atomic mass is 10.2. The van der Waals surface area contributed by atoms with Crippen molar-refractivity contribution in [3.63, 3.8) is 0 Å². The summed E-state index contributed by atoms with van der Waals surface area (Å²) in [5.41, 5.74) is 0. The average Bonchev–Trinajstić information content (AvgIpc) is 2.38. The number of rotatable bonds is 2. The van der Waals surface area contributed by atoms with Crippen molar-refractivity contribution in [3.05, 3.63) is 60.7 Å². The third kappa shape index (κ3) is 2.22. The van der Waals surface area contributed by atoms with Crippen molar-refractivity contribution in [2.24, 2.45) is 0 Å². The van der Waals surface area contributed by atoms with Gasteiger partial charge < -0.3 is 0 Å². The molecule has 0 spiro atoms. The summed E-state index contributed by atoms with van der Waals surface area (Å²) >= 11 is 0. The van der Waals surface area contributed by atoms with E-state index in [0.717, 1.165) is 0 Å². The van der Waals surface area contributed by atoms with Crippen molar-refractivity contribution in [2.75, 3.05) is 0 Å². The van der Waals surface area contributed by atoms with Crippen LogP contribution in [-0.2, 0) is 0 Å². The second kappa shape index (κ2) is 4.86. The van der Waals surface area contributed by atoms with Gasteiger partial charge in [0.15, 0.2) is 0 Å². The number of hydrogen-bond donors (Lipinski definition) is 0. The second-order valence-electron chi connectivity index (χ2n) is 5.89. The van der Waals surface area contributed by atoms with E-state index in [2.05, 4.69) is 91.2 Å². The molecule has 0 aromatic heterocycles. The molecule has 0 nitrogen and oxygen atoms in total. The van der Waals surface area contributed by atoms with Crippen LogP contribution >= 0.6 is 0 Å². The highest BCUT2D eigenvalue weighted by molar-refractivity contribution is 7.33. The van der Waals surface area contributed by atoms with Crippen LogP contribution in [0.15, 0.2) is 60.7 Å². The van der Waals surface area contributed by atoms with Gasteiger partial charge in [-0.1, -0.05) is 91.8 Å². The Morgan fingerprint density at radius 2 is 1.06 bits per heavy atom. The first-order chi connectivity index (χ1) is 8.46. The van der Waals surface area contributed by atoms with Gasteiger partial charge in [-0.25, -0.2) is 0 Å². The molecule has 0 saturated carbocycles. The van der Waals surface area contributed by atoms with Gasteiger partial charge in [0.05, 0.1) is 0 Å². The fourth-order valence-electron chi connectivity index (χ4n) is 2.48. The van der Waals surface area contributed by atoms with Gasteiger partial charge in [-0.2, -0.15) is 0 Å². The van der Waals surface area contributed by atoms with Crippen LogP contribution in [0.25, 0.3) is 0 Å². The van der Waals surface area contributed by atoms with E-state index >= 15 is 0 Å². The molecule has 0 aliphatic heterocycles. The molecular formula is C16H21Si2. The van der Waals surface area contributed by atoms with Crippen LogP contribution in [0.5, 0.6) is 0 Å². The molecule has 0 N–H and O–H groups in total. The molecule has 2 rings (SSSR count). The van der Waals surface area contributed by atoms with E-state index in [0.29, 0.717) is 5.04 Å². The Morgan fingerprint density at radius 3 is 1.33 bits per heavy atom. The maximum absolute atomic E-state index is 2.38.